The first-order valence-electron chi connectivity index (χ1n) is 7.39. The Morgan fingerprint density at radius 3 is 2.83 bits per heavy atom. The monoisotopic (exact) mass is 250 g/mol. The van der Waals surface area contributed by atoms with E-state index in [4.69, 9.17) is 0 Å². The first-order valence-corrected chi connectivity index (χ1v) is 7.39. The van der Waals surface area contributed by atoms with Crippen molar-refractivity contribution in [3.05, 3.63) is 11.9 Å². The highest BCUT2D eigenvalue weighted by Gasteiger charge is 2.19. The lowest BCUT2D eigenvalue weighted by atomic mass is 9.97. The second-order valence-electron chi connectivity index (χ2n) is 5.52. The summed E-state index contributed by atoms with van der Waals surface area (Å²) in [4.78, 5) is 0. The Hall–Kier alpha value is -0.900. The van der Waals surface area contributed by atoms with Crippen molar-refractivity contribution < 1.29 is 0 Å². The summed E-state index contributed by atoms with van der Waals surface area (Å²) in [6, 6.07) is 0.422. The summed E-state index contributed by atoms with van der Waals surface area (Å²) in [7, 11) is 1.98. The number of aryl methyl sites for hydroxylation is 1. The minimum Gasteiger partial charge on any atom is -0.309 e. The number of nitrogens with zero attached hydrogens (tertiary/aromatic N) is 3. The minimum absolute atomic E-state index is 0.422. The smallest absolute Gasteiger partial charge is 0.0753 e. The molecule has 2 rings (SSSR count). The van der Waals surface area contributed by atoms with Gasteiger partial charge in [0.2, 0.25) is 0 Å². The van der Waals surface area contributed by atoms with Crippen LogP contribution in [-0.4, -0.2) is 21.5 Å². The molecule has 0 bridgehead atoms. The largest absolute Gasteiger partial charge is 0.309 e. The van der Waals surface area contributed by atoms with Gasteiger partial charge in [0.15, 0.2) is 0 Å². The molecule has 4 heteroatoms. The molecular formula is C14H26N4. The zero-order valence-corrected chi connectivity index (χ0v) is 11.7. The van der Waals surface area contributed by atoms with Gasteiger partial charge in [-0.15, -0.1) is 5.10 Å². The van der Waals surface area contributed by atoms with Gasteiger partial charge in [0, 0.05) is 7.05 Å². The molecule has 1 aliphatic rings. The molecule has 1 unspecified atom stereocenters. The molecule has 0 spiro atoms. The highest BCUT2D eigenvalue weighted by atomic mass is 15.4. The van der Waals surface area contributed by atoms with Crippen LogP contribution < -0.4 is 5.32 Å². The van der Waals surface area contributed by atoms with Crippen molar-refractivity contribution in [3.63, 3.8) is 0 Å². The molecule has 1 aromatic heterocycles. The van der Waals surface area contributed by atoms with Gasteiger partial charge in [-0.2, -0.15) is 0 Å². The van der Waals surface area contributed by atoms with E-state index in [0.717, 1.165) is 12.5 Å². The standard InChI is InChI=1S/C14H26N4/c1-3-10-15-13(14-11-16-17-18(14)2)9-8-12-6-4-5-7-12/h11-13,15H,3-10H2,1-2H3. The van der Waals surface area contributed by atoms with Crippen molar-refractivity contribution >= 4 is 0 Å². The minimum atomic E-state index is 0.422. The van der Waals surface area contributed by atoms with Crippen molar-refractivity contribution in [3.8, 4) is 0 Å². The van der Waals surface area contributed by atoms with Crippen LogP contribution in [0.3, 0.4) is 0 Å². The van der Waals surface area contributed by atoms with Crippen molar-refractivity contribution in [2.45, 2.75) is 57.9 Å². The maximum Gasteiger partial charge on any atom is 0.0753 e. The summed E-state index contributed by atoms with van der Waals surface area (Å²) in [5.74, 6) is 0.956. The van der Waals surface area contributed by atoms with Gasteiger partial charge < -0.3 is 5.32 Å². The number of hydrogen-bond acceptors (Lipinski definition) is 3. The average Bonchev–Trinajstić information content (AvgIpc) is 3.01. The molecular weight excluding hydrogens is 224 g/mol. The zero-order chi connectivity index (χ0) is 12.8. The molecule has 0 aromatic carbocycles. The van der Waals surface area contributed by atoms with Crippen molar-refractivity contribution in [1.82, 2.24) is 20.3 Å². The van der Waals surface area contributed by atoms with Gasteiger partial charge >= 0.3 is 0 Å². The number of aromatic nitrogens is 3. The van der Waals surface area contributed by atoms with Crippen molar-refractivity contribution in [1.29, 1.82) is 0 Å². The molecule has 18 heavy (non-hydrogen) atoms. The van der Waals surface area contributed by atoms with Crippen LogP contribution in [0.2, 0.25) is 0 Å². The van der Waals surface area contributed by atoms with Gasteiger partial charge in [-0.05, 0) is 31.7 Å². The Morgan fingerprint density at radius 1 is 1.44 bits per heavy atom. The van der Waals surface area contributed by atoms with Crippen molar-refractivity contribution in [2.24, 2.45) is 13.0 Å². The third-order valence-corrected chi connectivity index (χ3v) is 4.09. The van der Waals surface area contributed by atoms with E-state index in [9.17, 15) is 0 Å². The van der Waals surface area contributed by atoms with E-state index in [-0.39, 0.29) is 0 Å². The molecule has 102 valence electrons. The third kappa shape index (κ3) is 3.55. The van der Waals surface area contributed by atoms with E-state index in [1.54, 1.807) is 0 Å². The normalized spacial score (nSPS) is 18.3. The summed E-state index contributed by atoms with van der Waals surface area (Å²) < 4.78 is 1.90. The molecule has 1 heterocycles. The fourth-order valence-corrected chi connectivity index (χ4v) is 2.99. The van der Waals surface area contributed by atoms with E-state index < -0.39 is 0 Å². The Labute approximate surface area is 110 Å². The lowest BCUT2D eigenvalue weighted by molar-refractivity contribution is 0.398. The van der Waals surface area contributed by atoms with Gasteiger partial charge in [-0.3, -0.25) is 4.68 Å². The van der Waals surface area contributed by atoms with Gasteiger partial charge in [0.05, 0.1) is 17.9 Å². The molecule has 0 radical (unpaired) electrons. The van der Waals surface area contributed by atoms with E-state index in [0.29, 0.717) is 6.04 Å². The van der Waals surface area contributed by atoms with Crippen LogP contribution in [0, 0.1) is 5.92 Å². The average molecular weight is 250 g/mol. The molecule has 1 saturated carbocycles. The molecule has 4 nitrogen and oxygen atoms in total. The van der Waals surface area contributed by atoms with Crippen LogP contribution in [0.4, 0.5) is 0 Å². The summed E-state index contributed by atoms with van der Waals surface area (Å²) in [6.45, 7) is 3.28. The van der Waals surface area contributed by atoms with E-state index in [1.807, 2.05) is 17.9 Å². The topological polar surface area (TPSA) is 42.7 Å². The Kier molecular flexibility index (Phi) is 5.17. The molecule has 1 atom stereocenters. The Balaban J connectivity index is 1.90. The SMILES string of the molecule is CCCNC(CCC1CCCC1)c1cnnn1C. The van der Waals surface area contributed by atoms with Gasteiger partial charge in [0.1, 0.15) is 0 Å². The zero-order valence-electron chi connectivity index (χ0n) is 11.7. The fraction of sp³-hybridized carbons (Fsp3) is 0.857. The second-order valence-corrected chi connectivity index (χ2v) is 5.52. The van der Waals surface area contributed by atoms with Crippen LogP contribution in [-0.2, 0) is 7.05 Å². The second kappa shape index (κ2) is 6.88. The maximum absolute atomic E-state index is 4.05. The number of hydrogen-bond donors (Lipinski definition) is 1. The maximum atomic E-state index is 4.05. The molecule has 1 aromatic rings. The Bertz CT molecular complexity index is 341. The molecule has 1 fully saturated rings. The molecule has 0 amide bonds. The summed E-state index contributed by atoms with van der Waals surface area (Å²) in [5.41, 5.74) is 1.22. The van der Waals surface area contributed by atoms with E-state index in [1.165, 1.54) is 50.6 Å². The predicted octanol–water partition coefficient (Wildman–Crippen LogP) is 2.83. The van der Waals surface area contributed by atoms with Gasteiger partial charge in [-0.1, -0.05) is 37.8 Å². The summed E-state index contributed by atoms with van der Waals surface area (Å²) in [5, 5.41) is 11.7. The van der Waals surface area contributed by atoms with Crippen LogP contribution in [0.25, 0.3) is 0 Å². The van der Waals surface area contributed by atoms with Crippen LogP contribution >= 0.6 is 0 Å². The molecule has 1 aliphatic carbocycles. The molecule has 1 N–H and O–H groups in total. The number of rotatable bonds is 7. The molecule has 0 saturated heterocycles. The molecule has 0 aliphatic heterocycles. The predicted molar refractivity (Wildman–Crippen MR) is 73.2 cm³/mol. The quantitative estimate of drug-likeness (QED) is 0.809. The number of nitrogens with one attached hydrogen (secondary N) is 1. The third-order valence-electron chi connectivity index (χ3n) is 4.09. The lowest BCUT2D eigenvalue weighted by Gasteiger charge is -2.20. The highest BCUT2D eigenvalue weighted by Crippen LogP contribution is 2.31. The van der Waals surface area contributed by atoms with E-state index >= 15 is 0 Å². The first-order chi connectivity index (χ1) is 8.81. The van der Waals surface area contributed by atoms with Gasteiger partial charge in [-0.25, -0.2) is 0 Å². The first kappa shape index (κ1) is 13.5. The summed E-state index contributed by atoms with van der Waals surface area (Å²) in [6.07, 6.45) is 11.4. The van der Waals surface area contributed by atoms with Crippen LogP contribution in [0.5, 0.6) is 0 Å². The lowest BCUT2D eigenvalue weighted by Crippen LogP contribution is -2.24. The highest BCUT2D eigenvalue weighted by molar-refractivity contribution is 5.01. The van der Waals surface area contributed by atoms with Crippen molar-refractivity contribution in [2.75, 3.05) is 6.54 Å². The van der Waals surface area contributed by atoms with Crippen LogP contribution in [0.15, 0.2) is 6.20 Å². The fourth-order valence-electron chi connectivity index (χ4n) is 2.99. The Morgan fingerprint density at radius 2 is 2.22 bits per heavy atom. The van der Waals surface area contributed by atoms with E-state index in [2.05, 4.69) is 22.6 Å². The van der Waals surface area contributed by atoms with Crippen LogP contribution in [0.1, 0.15) is 63.6 Å². The van der Waals surface area contributed by atoms with Gasteiger partial charge in [0.25, 0.3) is 0 Å². The summed E-state index contributed by atoms with van der Waals surface area (Å²) >= 11 is 0.